The second kappa shape index (κ2) is 19.2. The number of nitrogens with zero attached hydrogens (tertiary/aromatic N) is 5. The SMILES string of the molecule is CC.CC(C)(O)O.Cc1cn(C2CCC(CN(CCCN(CCc3ccccc3)C(=O)OC(C)(C)C)C(=O)OC(C)(C)C)C2)c2ncnc(C)c12. The summed E-state index contributed by atoms with van der Waals surface area (Å²) in [5.41, 5.74) is 3.17. The summed E-state index contributed by atoms with van der Waals surface area (Å²) in [6.07, 6.45) is 7.59. The molecule has 0 spiro atoms. The molecule has 0 aliphatic heterocycles. The maximum absolute atomic E-state index is 13.4. The van der Waals surface area contributed by atoms with Crippen molar-refractivity contribution in [1.82, 2.24) is 24.3 Å². The Morgan fingerprint density at radius 1 is 0.843 bits per heavy atom. The van der Waals surface area contributed by atoms with Crippen molar-refractivity contribution in [3.8, 4) is 0 Å². The van der Waals surface area contributed by atoms with Crippen LogP contribution in [0.3, 0.4) is 0 Å². The first-order chi connectivity index (χ1) is 23.7. The van der Waals surface area contributed by atoms with Gasteiger partial charge in [0.15, 0.2) is 5.79 Å². The summed E-state index contributed by atoms with van der Waals surface area (Å²) in [6, 6.07) is 10.5. The molecule has 2 N–H and O–H groups in total. The van der Waals surface area contributed by atoms with Crippen molar-refractivity contribution in [1.29, 1.82) is 0 Å². The molecule has 2 amide bonds. The first-order valence-corrected chi connectivity index (χ1v) is 18.4. The molecule has 0 bridgehead atoms. The third kappa shape index (κ3) is 15.6. The van der Waals surface area contributed by atoms with Gasteiger partial charge in [-0.15, -0.1) is 0 Å². The van der Waals surface area contributed by atoms with Gasteiger partial charge in [0.2, 0.25) is 0 Å². The van der Waals surface area contributed by atoms with Crippen molar-refractivity contribution in [3.63, 3.8) is 0 Å². The monoisotopic (exact) mass is 711 g/mol. The van der Waals surface area contributed by atoms with E-state index in [2.05, 4.69) is 39.8 Å². The normalized spacial score (nSPS) is 16.0. The van der Waals surface area contributed by atoms with Gasteiger partial charge in [-0.05, 0) is 118 Å². The zero-order chi connectivity index (χ0) is 38.6. The van der Waals surface area contributed by atoms with Gasteiger partial charge in [-0.3, -0.25) is 0 Å². The average Bonchev–Trinajstić information content (AvgIpc) is 3.61. The lowest BCUT2D eigenvalue weighted by atomic mass is 10.1. The standard InChI is InChI=1S/C35H51N5O4.C3H8O2.C2H6/c1-25-22-40(31-30(25)26(2)36-24-37-31)29-16-15-28(21-29)23-39(33(42)44-35(6,7)8)19-12-18-38(32(41)43-34(3,4)5)20-17-27-13-10-9-11-14-27;1-3(2,4)5;1-2/h9-11,13-14,22,24,28-29H,12,15-21,23H2,1-8H3;4-5H,1-2H3;1-2H3. The minimum Gasteiger partial charge on any atom is -0.444 e. The third-order valence-corrected chi connectivity index (χ3v) is 8.05. The Hall–Kier alpha value is -3.70. The Kier molecular flexibility index (Phi) is 16.4. The number of carbonyl (C=O) groups excluding carboxylic acids is 2. The number of fused-ring (bicyclic) bond motifs is 1. The Labute approximate surface area is 306 Å². The lowest BCUT2D eigenvalue weighted by molar-refractivity contribution is -0.127. The number of aliphatic hydroxyl groups is 2. The fraction of sp³-hybridized carbons (Fsp3) is 0.650. The molecule has 2 heterocycles. The van der Waals surface area contributed by atoms with E-state index in [0.717, 1.165) is 42.4 Å². The lowest BCUT2D eigenvalue weighted by Gasteiger charge is -2.31. The van der Waals surface area contributed by atoms with Crippen molar-refractivity contribution < 1.29 is 29.3 Å². The lowest BCUT2D eigenvalue weighted by Crippen LogP contribution is -2.42. The minimum atomic E-state index is -1.50. The van der Waals surface area contributed by atoms with Crippen LogP contribution in [0.5, 0.6) is 0 Å². The van der Waals surface area contributed by atoms with Gasteiger partial charge in [0, 0.05) is 43.8 Å². The van der Waals surface area contributed by atoms with Crippen LogP contribution in [0.15, 0.2) is 42.9 Å². The van der Waals surface area contributed by atoms with Crippen LogP contribution in [0.1, 0.15) is 118 Å². The number of hydrogen-bond acceptors (Lipinski definition) is 8. The zero-order valence-corrected chi connectivity index (χ0v) is 33.3. The molecular formula is C40H65N5O6. The van der Waals surface area contributed by atoms with Gasteiger partial charge in [0.1, 0.15) is 23.2 Å². The van der Waals surface area contributed by atoms with Gasteiger partial charge in [0.25, 0.3) is 0 Å². The van der Waals surface area contributed by atoms with Crippen LogP contribution >= 0.6 is 0 Å². The Bertz CT molecular complexity index is 1500. The second-order valence-electron chi connectivity index (χ2n) is 15.7. The molecule has 2 atom stereocenters. The van der Waals surface area contributed by atoms with E-state index in [9.17, 15) is 9.59 Å². The maximum atomic E-state index is 13.4. The molecular weight excluding hydrogens is 646 g/mol. The highest BCUT2D eigenvalue weighted by Gasteiger charge is 2.32. The fourth-order valence-electron chi connectivity index (χ4n) is 6.08. The van der Waals surface area contributed by atoms with Crippen molar-refractivity contribution in [2.24, 2.45) is 5.92 Å². The summed E-state index contributed by atoms with van der Waals surface area (Å²) < 4.78 is 13.9. The summed E-state index contributed by atoms with van der Waals surface area (Å²) in [7, 11) is 0. The number of carbonyl (C=O) groups is 2. The summed E-state index contributed by atoms with van der Waals surface area (Å²) in [4.78, 5) is 39.1. The van der Waals surface area contributed by atoms with E-state index in [1.807, 2.05) is 85.4 Å². The number of amides is 2. The van der Waals surface area contributed by atoms with Crippen molar-refractivity contribution >= 4 is 23.2 Å². The predicted molar refractivity (Wildman–Crippen MR) is 204 cm³/mol. The number of aromatic nitrogens is 3. The Morgan fingerprint density at radius 2 is 1.39 bits per heavy atom. The van der Waals surface area contributed by atoms with E-state index < -0.39 is 17.0 Å². The van der Waals surface area contributed by atoms with Crippen LogP contribution in [0.25, 0.3) is 11.0 Å². The molecule has 1 saturated carbocycles. The molecule has 4 rings (SSSR count). The minimum absolute atomic E-state index is 0.306. The maximum Gasteiger partial charge on any atom is 0.410 e. The fourth-order valence-corrected chi connectivity index (χ4v) is 6.08. The quantitative estimate of drug-likeness (QED) is 0.201. The molecule has 51 heavy (non-hydrogen) atoms. The van der Waals surface area contributed by atoms with E-state index in [1.165, 1.54) is 25.0 Å². The molecule has 11 heteroatoms. The van der Waals surface area contributed by atoms with Crippen LogP contribution in [-0.2, 0) is 15.9 Å². The van der Waals surface area contributed by atoms with Crippen molar-refractivity contribution in [2.75, 3.05) is 26.2 Å². The van der Waals surface area contributed by atoms with E-state index in [1.54, 1.807) is 11.2 Å². The van der Waals surface area contributed by atoms with Crippen molar-refractivity contribution in [3.05, 3.63) is 59.7 Å². The molecule has 1 aromatic carbocycles. The van der Waals surface area contributed by atoms with Gasteiger partial charge < -0.3 is 34.1 Å². The van der Waals surface area contributed by atoms with E-state index in [4.69, 9.17) is 19.7 Å². The molecule has 1 aliphatic rings. The number of benzene rings is 1. The average molecular weight is 712 g/mol. The molecule has 3 aromatic rings. The molecule has 1 fully saturated rings. The topological polar surface area (TPSA) is 130 Å². The highest BCUT2D eigenvalue weighted by Crippen LogP contribution is 2.38. The molecule has 1 aliphatic carbocycles. The summed E-state index contributed by atoms with van der Waals surface area (Å²) in [5, 5.41) is 17.3. The van der Waals surface area contributed by atoms with Crippen LogP contribution in [-0.4, -0.2) is 89.9 Å². The molecule has 0 radical (unpaired) electrons. The van der Waals surface area contributed by atoms with Crippen LogP contribution in [0.2, 0.25) is 0 Å². The Balaban J connectivity index is 0.00000118. The second-order valence-corrected chi connectivity index (χ2v) is 15.7. The first-order valence-electron chi connectivity index (χ1n) is 18.4. The first kappa shape index (κ1) is 43.5. The third-order valence-electron chi connectivity index (χ3n) is 8.05. The van der Waals surface area contributed by atoms with E-state index >= 15 is 0 Å². The summed E-state index contributed by atoms with van der Waals surface area (Å²) in [5.74, 6) is -1.16. The van der Waals surface area contributed by atoms with E-state index in [-0.39, 0.29) is 12.2 Å². The van der Waals surface area contributed by atoms with Crippen LogP contribution in [0, 0.1) is 19.8 Å². The van der Waals surface area contributed by atoms with Crippen molar-refractivity contribution in [2.45, 2.75) is 138 Å². The molecule has 2 aromatic heterocycles. The summed E-state index contributed by atoms with van der Waals surface area (Å²) in [6.45, 7) is 24.2. The number of aryl methyl sites for hydroxylation is 2. The molecule has 2 unspecified atom stereocenters. The van der Waals surface area contributed by atoms with Gasteiger partial charge in [0.05, 0.1) is 5.69 Å². The molecule has 0 saturated heterocycles. The highest BCUT2D eigenvalue weighted by atomic mass is 16.6. The van der Waals surface area contributed by atoms with Gasteiger partial charge >= 0.3 is 12.2 Å². The van der Waals surface area contributed by atoms with Crippen LogP contribution in [0.4, 0.5) is 9.59 Å². The number of ether oxygens (including phenoxy) is 2. The largest absolute Gasteiger partial charge is 0.444 e. The number of hydrogen-bond donors (Lipinski definition) is 2. The molecule has 11 nitrogen and oxygen atoms in total. The van der Waals surface area contributed by atoms with Gasteiger partial charge in [-0.1, -0.05) is 44.2 Å². The zero-order valence-electron chi connectivity index (χ0n) is 33.3. The number of rotatable bonds is 10. The smallest absolute Gasteiger partial charge is 0.410 e. The Morgan fingerprint density at radius 3 is 1.96 bits per heavy atom. The van der Waals surface area contributed by atoms with Gasteiger partial charge in [-0.2, -0.15) is 0 Å². The van der Waals surface area contributed by atoms with Gasteiger partial charge in [-0.25, -0.2) is 19.6 Å². The highest BCUT2D eigenvalue weighted by molar-refractivity contribution is 5.82. The van der Waals surface area contributed by atoms with Crippen LogP contribution < -0.4 is 0 Å². The molecule has 286 valence electrons. The van der Waals surface area contributed by atoms with E-state index in [0.29, 0.717) is 44.6 Å². The summed E-state index contributed by atoms with van der Waals surface area (Å²) >= 11 is 0. The predicted octanol–water partition coefficient (Wildman–Crippen LogP) is 8.23.